The number of hydrogen-bond acceptors (Lipinski definition) is 2. The summed E-state index contributed by atoms with van der Waals surface area (Å²) in [6, 6.07) is 38.5. The molecule has 1 aliphatic rings. The number of carbonyl (C=O) groups excluding carboxylic acids is 1. The summed E-state index contributed by atoms with van der Waals surface area (Å²) in [6.45, 7) is -1.79. The fourth-order valence-corrected chi connectivity index (χ4v) is 5.84. The largest absolute Gasteiger partial charge is 0.318 e. The molecule has 0 spiro atoms. The monoisotopic (exact) mass is 530 g/mol. The number of hydrogen-bond donors (Lipinski definition) is 0. The fourth-order valence-electron chi connectivity index (χ4n) is 5.84. The second-order valence-electron chi connectivity index (χ2n) is 10.3. The molecule has 0 unspecified atom stereocenters. The first-order valence-electron chi connectivity index (χ1n) is 13.3. The third-order valence-corrected chi connectivity index (χ3v) is 7.96. The molecule has 3 nitrogen and oxygen atoms in total. The normalized spacial score (nSPS) is 15.7. The minimum Gasteiger partial charge on any atom is -0.318 e. The number of imidazole rings is 1. The van der Waals surface area contributed by atoms with Gasteiger partial charge in [-0.2, -0.15) is 0 Å². The van der Waals surface area contributed by atoms with Crippen LogP contribution in [0.25, 0.3) is 17.3 Å². The van der Waals surface area contributed by atoms with E-state index in [4.69, 9.17) is 4.98 Å². The van der Waals surface area contributed by atoms with Gasteiger partial charge in [0.1, 0.15) is 18.9 Å². The van der Waals surface area contributed by atoms with E-state index in [2.05, 4.69) is 41.0 Å². The van der Waals surface area contributed by atoms with Crippen molar-refractivity contribution in [2.75, 3.05) is 13.3 Å². The van der Waals surface area contributed by atoms with Crippen LogP contribution in [-0.2, 0) is 10.3 Å². The Morgan fingerprint density at radius 1 is 0.750 bits per heavy atom. The summed E-state index contributed by atoms with van der Waals surface area (Å²) in [5.74, 6) is -0.216. The lowest BCUT2D eigenvalue weighted by Crippen LogP contribution is -2.44. The summed E-state index contributed by atoms with van der Waals surface area (Å²) in [5.41, 5.74) is 3.54. The topological polar surface area (TPSA) is 34.9 Å². The number of aromatic nitrogens is 2. The number of rotatable bonds is 8. The van der Waals surface area contributed by atoms with Gasteiger partial charge in [0.05, 0.1) is 17.4 Å². The highest BCUT2D eigenvalue weighted by molar-refractivity contribution is 6.08. The average Bonchev–Trinajstić information content (AvgIpc) is 3.51. The highest BCUT2D eigenvalue weighted by atomic mass is 19.1. The van der Waals surface area contributed by atoms with Crippen molar-refractivity contribution in [1.82, 2.24) is 9.55 Å². The third kappa shape index (κ3) is 4.10. The van der Waals surface area contributed by atoms with Gasteiger partial charge in [-0.05, 0) is 28.3 Å². The number of alkyl halides is 2. The SMILES string of the molecule is O=C1CC(CF)(CF)/C1=C\c1ccccc1-c1cn(C(c2ccccc2)(c2ccccc2)c2ccccc2)cn1. The minimum absolute atomic E-state index is 0.101. The van der Waals surface area contributed by atoms with Crippen LogP contribution >= 0.6 is 0 Å². The predicted octanol–water partition coefficient (Wildman–Crippen LogP) is 7.67. The van der Waals surface area contributed by atoms with E-state index >= 15 is 0 Å². The van der Waals surface area contributed by atoms with Crippen LogP contribution in [-0.4, -0.2) is 28.7 Å². The van der Waals surface area contributed by atoms with Gasteiger partial charge in [0.15, 0.2) is 5.78 Å². The molecule has 0 radical (unpaired) electrons. The number of benzene rings is 4. The Balaban J connectivity index is 1.55. The van der Waals surface area contributed by atoms with Crippen molar-refractivity contribution in [3.8, 4) is 11.3 Å². The fraction of sp³-hybridized carbons (Fsp3) is 0.143. The molecule has 1 saturated carbocycles. The number of nitrogens with zero attached hydrogens (tertiary/aromatic N) is 2. The summed E-state index contributed by atoms with van der Waals surface area (Å²) < 4.78 is 29.7. The lowest BCUT2D eigenvalue weighted by Gasteiger charge is -2.38. The second-order valence-corrected chi connectivity index (χ2v) is 10.3. The third-order valence-electron chi connectivity index (χ3n) is 7.96. The standard InChI is InChI=1S/C35H28F2N2O/c36-23-34(24-37)21-33(40)31(34)20-26-12-10-11-19-30(26)32-22-39(25-38-32)35(27-13-4-1-5-14-27,28-15-6-2-7-16-28)29-17-8-3-9-18-29/h1-20,22,25H,21,23-24H2/b31-20-. The molecule has 5 heteroatoms. The molecule has 0 saturated heterocycles. The van der Waals surface area contributed by atoms with Gasteiger partial charge in [0.2, 0.25) is 0 Å². The maximum Gasteiger partial charge on any atom is 0.160 e. The smallest absolute Gasteiger partial charge is 0.160 e. The van der Waals surface area contributed by atoms with E-state index in [1.165, 1.54) is 0 Å². The van der Waals surface area contributed by atoms with Gasteiger partial charge in [-0.15, -0.1) is 0 Å². The Hall–Kier alpha value is -4.64. The van der Waals surface area contributed by atoms with Crippen LogP contribution in [0.3, 0.4) is 0 Å². The van der Waals surface area contributed by atoms with E-state index < -0.39 is 24.3 Å². The molecule has 198 valence electrons. The Morgan fingerprint density at radius 2 is 1.25 bits per heavy atom. The van der Waals surface area contributed by atoms with Crippen LogP contribution in [0.5, 0.6) is 0 Å². The van der Waals surface area contributed by atoms with Gasteiger partial charge in [-0.1, -0.05) is 115 Å². The zero-order valence-electron chi connectivity index (χ0n) is 21.9. The first-order chi connectivity index (χ1) is 19.6. The molecular weight excluding hydrogens is 502 g/mol. The Kier molecular flexibility index (Phi) is 6.72. The number of Topliss-reactive ketones (excluding diaryl/α,β-unsaturated/α-hetero) is 1. The van der Waals surface area contributed by atoms with Crippen LogP contribution in [0.4, 0.5) is 8.78 Å². The zero-order chi connectivity index (χ0) is 27.6. The Labute approximate surface area is 232 Å². The van der Waals surface area contributed by atoms with Crippen LogP contribution in [0.15, 0.2) is 133 Å². The maximum atomic E-state index is 13.8. The minimum atomic E-state index is -1.34. The van der Waals surface area contributed by atoms with E-state index in [9.17, 15) is 13.6 Å². The number of halogens is 2. The molecule has 40 heavy (non-hydrogen) atoms. The van der Waals surface area contributed by atoms with Crippen molar-refractivity contribution < 1.29 is 13.6 Å². The highest BCUT2D eigenvalue weighted by Crippen LogP contribution is 2.46. The van der Waals surface area contributed by atoms with Crippen molar-refractivity contribution in [2.24, 2.45) is 5.41 Å². The summed E-state index contributed by atoms with van der Waals surface area (Å²) >= 11 is 0. The summed E-state index contributed by atoms with van der Waals surface area (Å²) in [6.07, 6.45) is 5.37. The van der Waals surface area contributed by atoms with Crippen molar-refractivity contribution in [2.45, 2.75) is 12.0 Å². The van der Waals surface area contributed by atoms with E-state index in [0.29, 0.717) is 11.3 Å². The molecule has 0 amide bonds. The predicted molar refractivity (Wildman–Crippen MR) is 154 cm³/mol. The van der Waals surface area contributed by atoms with Crippen LogP contribution in [0.1, 0.15) is 28.7 Å². The first-order valence-corrected chi connectivity index (χ1v) is 13.3. The van der Waals surface area contributed by atoms with Crippen molar-refractivity contribution >= 4 is 11.9 Å². The van der Waals surface area contributed by atoms with Gasteiger partial charge in [0, 0.05) is 23.8 Å². The van der Waals surface area contributed by atoms with E-state index in [1.54, 1.807) is 6.08 Å². The quantitative estimate of drug-likeness (QED) is 0.152. The van der Waals surface area contributed by atoms with Crippen LogP contribution < -0.4 is 0 Å². The Bertz CT molecular complexity index is 1560. The van der Waals surface area contributed by atoms with Crippen molar-refractivity contribution in [3.63, 3.8) is 0 Å². The average molecular weight is 531 g/mol. The molecule has 1 aromatic heterocycles. The lowest BCUT2D eigenvalue weighted by molar-refractivity contribution is -0.125. The molecule has 1 aliphatic carbocycles. The molecule has 1 heterocycles. The van der Waals surface area contributed by atoms with Gasteiger partial charge < -0.3 is 4.57 Å². The van der Waals surface area contributed by atoms with Crippen molar-refractivity contribution in [3.05, 3.63) is 156 Å². The molecule has 4 aromatic carbocycles. The molecule has 1 fully saturated rings. The van der Waals surface area contributed by atoms with Gasteiger partial charge in [-0.25, -0.2) is 4.98 Å². The highest BCUT2D eigenvalue weighted by Gasteiger charge is 2.49. The van der Waals surface area contributed by atoms with Crippen LogP contribution in [0, 0.1) is 5.41 Å². The van der Waals surface area contributed by atoms with Gasteiger partial charge in [-0.3, -0.25) is 13.6 Å². The maximum absolute atomic E-state index is 13.8. The summed E-state index contributed by atoms with van der Waals surface area (Å²) in [7, 11) is 0. The number of ketones is 1. The number of allylic oxidation sites excluding steroid dienone is 1. The molecule has 0 N–H and O–H groups in total. The number of carbonyl (C=O) groups is 1. The van der Waals surface area contributed by atoms with E-state index in [0.717, 1.165) is 22.3 Å². The molecule has 5 aromatic rings. The molecule has 0 aliphatic heterocycles. The summed E-state index contributed by atoms with van der Waals surface area (Å²) in [4.78, 5) is 17.2. The first kappa shape index (κ1) is 25.6. The van der Waals surface area contributed by atoms with Gasteiger partial charge >= 0.3 is 0 Å². The van der Waals surface area contributed by atoms with Crippen LogP contribution in [0.2, 0.25) is 0 Å². The van der Waals surface area contributed by atoms with E-state index in [1.807, 2.05) is 91.4 Å². The van der Waals surface area contributed by atoms with Gasteiger partial charge in [0.25, 0.3) is 0 Å². The molecule has 0 atom stereocenters. The van der Waals surface area contributed by atoms with Crippen molar-refractivity contribution in [1.29, 1.82) is 0 Å². The second kappa shape index (κ2) is 10.5. The molecule has 0 bridgehead atoms. The zero-order valence-corrected chi connectivity index (χ0v) is 21.9. The van der Waals surface area contributed by atoms with E-state index in [-0.39, 0.29) is 17.8 Å². The molecule has 6 rings (SSSR count). The summed E-state index contributed by atoms with van der Waals surface area (Å²) in [5, 5.41) is 0. The molecular formula is C35H28F2N2O. The Morgan fingerprint density at radius 3 is 1.75 bits per heavy atom. The lowest BCUT2D eigenvalue weighted by atomic mass is 9.64.